The van der Waals surface area contributed by atoms with Crippen LogP contribution in [0.5, 0.6) is 11.5 Å². The molecule has 3 rings (SSSR count). The summed E-state index contributed by atoms with van der Waals surface area (Å²) in [5.41, 5.74) is 1.37. The molecule has 0 saturated carbocycles. The van der Waals surface area contributed by atoms with E-state index in [1.54, 1.807) is 43.8 Å². The fraction of sp³-hybridized carbons (Fsp3) is 0.176. The Balaban J connectivity index is 1.83. The minimum absolute atomic E-state index is 0.181. The van der Waals surface area contributed by atoms with E-state index >= 15 is 0 Å². The molecule has 0 radical (unpaired) electrons. The number of ether oxygens (including phenoxy) is 2. The largest absolute Gasteiger partial charge is 0.493 e. The minimum Gasteiger partial charge on any atom is -0.493 e. The highest BCUT2D eigenvalue weighted by Gasteiger charge is 2.17. The highest BCUT2D eigenvalue weighted by atomic mass is 32.1. The van der Waals surface area contributed by atoms with Gasteiger partial charge in [-0.3, -0.25) is 4.79 Å². The van der Waals surface area contributed by atoms with E-state index in [9.17, 15) is 4.79 Å². The Morgan fingerprint density at radius 2 is 1.96 bits per heavy atom. The molecule has 0 aliphatic heterocycles. The van der Waals surface area contributed by atoms with E-state index in [1.807, 2.05) is 24.4 Å². The maximum absolute atomic E-state index is 12.6. The van der Waals surface area contributed by atoms with Gasteiger partial charge >= 0.3 is 0 Å². The summed E-state index contributed by atoms with van der Waals surface area (Å²) < 4.78 is 10.5. The van der Waals surface area contributed by atoms with Crippen molar-refractivity contribution in [3.63, 3.8) is 0 Å². The molecule has 2 aromatic heterocycles. The van der Waals surface area contributed by atoms with Crippen LogP contribution < -0.4 is 14.8 Å². The van der Waals surface area contributed by atoms with Gasteiger partial charge in [-0.1, -0.05) is 6.07 Å². The van der Waals surface area contributed by atoms with Gasteiger partial charge in [0.25, 0.3) is 5.91 Å². The number of anilines is 1. The molecule has 124 valence electrons. The molecule has 0 unspecified atom stereocenters. The number of carbonyl (C=O) groups excluding carboxylic acids is 1. The van der Waals surface area contributed by atoms with Crippen molar-refractivity contribution in [1.29, 1.82) is 0 Å². The predicted molar refractivity (Wildman–Crippen MR) is 97.7 cm³/mol. The van der Waals surface area contributed by atoms with Crippen molar-refractivity contribution in [2.45, 2.75) is 6.92 Å². The number of hydrogen-bond donors (Lipinski definition) is 1. The van der Waals surface area contributed by atoms with E-state index in [4.69, 9.17) is 9.47 Å². The molecular formula is C17H16N2O3S2. The van der Waals surface area contributed by atoms with Crippen LogP contribution in [0.4, 0.5) is 5.69 Å². The van der Waals surface area contributed by atoms with Crippen molar-refractivity contribution in [2.75, 3.05) is 19.5 Å². The fourth-order valence-electron chi connectivity index (χ4n) is 2.21. The van der Waals surface area contributed by atoms with E-state index in [0.717, 1.165) is 15.6 Å². The van der Waals surface area contributed by atoms with Crippen molar-refractivity contribution < 1.29 is 14.3 Å². The number of rotatable bonds is 5. The van der Waals surface area contributed by atoms with E-state index in [-0.39, 0.29) is 5.91 Å². The third-order valence-electron chi connectivity index (χ3n) is 3.38. The Bertz CT molecular complexity index is 857. The van der Waals surface area contributed by atoms with Gasteiger partial charge in [-0.15, -0.1) is 22.7 Å². The molecule has 1 aromatic carbocycles. The normalized spacial score (nSPS) is 10.5. The van der Waals surface area contributed by atoms with Crippen LogP contribution in [-0.2, 0) is 0 Å². The van der Waals surface area contributed by atoms with Crippen molar-refractivity contribution in [3.05, 3.63) is 46.3 Å². The highest BCUT2D eigenvalue weighted by Crippen LogP contribution is 2.33. The summed E-state index contributed by atoms with van der Waals surface area (Å²) in [4.78, 5) is 18.7. The van der Waals surface area contributed by atoms with Gasteiger partial charge in [0.05, 0.1) is 24.8 Å². The second kappa shape index (κ2) is 7.02. The molecule has 0 spiro atoms. The minimum atomic E-state index is -0.181. The number of carbonyl (C=O) groups is 1. The smallest absolute Gasteiger partial charge is 0.267 e. The first-order chi connectivity index (χ1) is 11.6. The molecule has 0 aliphatic carbocycles. The van der Waals surface area contributed by atoms with E-state index < -0.39 is 0 Å². The molecule has 1 amide bonds. The first-order valence-corrected chi connectivity index (χ1v) is 8.86. The van der Waals surface area contributed by atoms with Crippen molar-refractivity contribution in [2.24, 2.45) is 0 Å². The lowest BCUT2D eigenvalue weighted by molar-refractivity contribution is 0.103. The number of amides is 1. The molecule has 0 fully saturated rings. The van der Waals surface area contributed by atoms with Gasteiger partial charge in [0.15, 0.2) is 11.5 Å². The molecule has 0 bridgehead atoms. The molecule has 1 N–H and O–H groups in total. The molecule has 24 heavy (non-hydrogen) atoms. The zero-order valence-electron chi connectivity index (χ0n) is 13.5. The summed E-state index contributed by atoms with van der Waals surface area (Å²) in [5, 5.41) is 5.74. The maximum Gasteiger partial charge on any atom is 0.267 e. The summed E-state index contributed by atoms with van der Waals surface area (Å²) in [7, 11) is 3.13. The summed E-state index contributed by atoms with van der Waals surface area (Å²) in [6.45, 7) is 1.84. The quantitative estimate of drug-likeness (QED) is 0.730. The second-order valence-corrected chi connectivity index (χ2v) is 6.88. The van der Waals surface area contributed by atoms with Crippen LogP contribution in [-0.4, -0.2) is 25.1 Å². The summed E-state index contributed by atoms with van der Waals surface area (Å²) in [5.74, 6) is 1.00. The number of aromatic nitrogens is 1. The van der Waals surface area contributed by atoms with Crippen LogP contribution in [0.2, 0.25) is 0 Å². The molecule has 7 heteroatoms. The molecule has 3 aromatic rings. The number of thiophene rings is 1. The standard InChI is InChI=1S/C17H16N2O3S2/c1-10-15(24-17(18-10)14-5-4-8-23-14)16(20)19-11-6-7-12(21-2)13(9-11)22-3/h4-9H,1-3H3,(H,19,20). The van der Waals surface area contributed by atoms with E-state index in [0.29, 0.717) is 22.1 Å². The first-order valence-electron chi connectivity index (χ1n) is 7.17. The fourth-order valence-corrected chi connectivity index (χ4v) is 3.97. The summed E-state index contributed by atoms with van der Waals surface area (Å²) >= 11 is 3.00. The van der Waals surface area contributed by atoms with Gasteiger partial charge in [-0.25, -0.2) is 4.98 Å². The lowest BCUT2D eigenvalue weighted by Crippen LogP contribution is -2.11. The van der Waals surface area contributed by atoms with Gasteiger partial charge in [0.1, 0.15) is 9.88 Å². The SMILES string of the molecule is COc1ccc(NC(=O)c2sc(-c3cccs3)nc2C)cc1OC. The Labute approximate surface area is 147 Å². The Hall–Kier alpha value is -2.38. The first kappa shape index (κ1) is 16.5. The molecule has 2 heterocycles. The Kier molecular flexibility index (Phi) is 4.82. The van der Waals surface area contributed by atoms with Crippen LogP contribution >= 0.6 is 22.7 Å². The Morgan fingerprint density at radius 1 is 1.17 bits per heavy atom. The molecular weight excluding hydrogens is 344 g/mol. The topological polar surface area (TPSA) is 60.5 Å². The zero-order valence-corrected chi connectivity index (χ0v) is 15.1. The van der Waals surface area contributed by atoms with Crippen molar-refractivity contribution in [3.8, 4) is 21.4 Å². The van der Waals surface area contributed by atoms with E-state index in [2.05, 4.69) is 10.3 Å². The number of nitrogens with one attached hydrogen (secondary N) is 1. The van der Waals surface area contributed by atoms with Gasteiger partial charge in [0.2, 0.25) is 0 Å². The number of nitrogens with zero attached hydrogens (tertiary/aromatic N) is 1. The highest BCUT2D eigenvalue weighted by molar-refractivity contribution is 7.22. The number of thiazole rings is 1. The molecule has 5 nitrogen and oxygen atoms in total. The van der Waals surface area contributed by atoms with Crippen LogP contribution in [0.3, 0.4) is 0 Å². The van der Waals surface area contributed by atoms with Gasteiger partial charge in [-0.05, 0) is 30.5 Å². The summed E-state index contributed by atoms with van der Waals surface area (Å²) in [6, 6.07) is 9.23. The monoisotopic (exact) mass is 360 g/mol. The lowest BCUT2D eigenvalue weighted by Gasteiger charge is -2.10. The third-order valence-corrected chi connectivity index (χ3v) is 5.57. The Morgan fingerprint density at radius 3 is 2.62 bits per heavy atom. The molecule has 0 atom stereocenters. The number of benzene rings is 1. The van der Waals surface area contributed by atoms with Crippen molar-refractivity contribution >= 4 is 34.3 Å². The number of aryl methyl sites for hydroxylation is 1. The number of methoxy groups -OCH3 is 2. The second-order valence-electron chi connectivity index (χ2n) is 4.93. The van der Waals surface area contributed by atoms with Crippen LogP contribution in [0.1, 0.15) is 15.4 Å². The van der Waals surface area contributed by atoms with Crippen LogP contribution in [0.25, 0.3) is 9.88 Å². The number of hydrogen-bond acceptors (Lipinski definition) is 6. The predicted octanol–water partition coefficient (Wildman–Crippen LogP) is 4.45. The molecule has 0 saturated heterocycles. The van der Waals surface area contributed by atoms with E-state index in [1.165, 1.54) is 11.3 Å². The van der Waals surface area contributed by atoms with Crippen LogP contribution in [0.15, 0.2) is 35.7 Å². The average Bonchev–Trinajstić information content (AvgIpc) is 3.24. The van der Waals surface area contributed by atoms with Gasteiger partial charge in [-0.2, -0.15) is 0 Å². The van der Waals surface area contributed by atoms with Gasteiger partial charge in [0, 0.05) is 11.8 Å². The van der Waals surface area contributed by atoms with Crippen LogP contribution in [0, 0.1) is 6.92 Å². The molecule has 0 aliphatic rings. The van der Waals surface area contributed by atoms with Gasteiger partial charge < -0.3 is 14.8 Å². The zero-order chi connectivity index (χ0) is 17.1. The average molecular weight is 360 g/mol. The lowest BCUT2D eigenvalue weighted by atomic mass is 10.2. The van der Waals surface area contributed by atoms with Crippen molar-refractivity contribution in [1.82, 2.24) is 4.98 Å². The summed E-state index contributed by atoms with van der Waals surface area (Å²) in [6.07, 6.45) is 0. The third kappa shape index (κ3) is 3.27. The maximum atomic E-state index is 12.6.